The first-order chi connectivity index (χ1) is 13.9. The van der Waals surface area contributed by atoms with Crippen LogP contribution in [0.15, 0.2) is 66.7 Å². The van der Waals surface area contributed by atoms with Gasteiger partial charge in [0.15, 0.2) is 6.61 Å². The number of carbonyl (C=O) groups is 2. The molecule has 0 aliphatic rings. The number of rotatable bonds is 6. The van der Waals surface area contributed by atoms with Crippen LogP contribution in [0.3, 0.4) is 0 Å². The van der Waals surface area contributed by atoms with Crippen molar-refractivity contribution in [2.45, 2.75) is 6.92 Å². The zero-order valence-electron chi connectivity index (χ0n) is 15.5. The Hall–Kier alpha value is -3.02. The Labute approximate surface area is 178 Å². The van der Waals surface area contributed by atoms with Gasteiger partial charge in [-0.05, 0) is 61.5 Å². The summed E-state index contributed by atoms with van der Waals surface area (Å²) in [6, 6.07) is 18.8. The lowest BCUT2D eigenvalue weighted by Crippen LogP contribution is -2.20. The van der Waals surface area contributed by atoms with E-state index in [0.717, 1.165) is 5.56 Å². The van der Waals surface area contributed by atoms with Gasteiger partial charge in [-0.1, -0.05) is 40.9 Å². The molecule has 0 saturated carbocycles. The summed E-state index contributed by atoms with van der Waals surface area (Å²) in [5, 5.41) is 6.21. The third kappa shape index (κ3) is 5.98. The highest BCUT2D eigenvalue weighted by atomic mass is 35.5. The quantitative estimate of drug-likeness (QED) is 0.538. The van der Waals surface area contributed by atoms with E-state index >= 15 is 0 Å². The fourth-order valence-electron chi connectivity index (χ4n) is 2.49. The predicted molar refractivity (Wildman–Crippen MR) is 116 cm³/mol. The van der Waals surface area contributed by atoms with Crippen LogP contribution in [-0.4, -0.2) is 18.4 Å². The van der Waals surface area contributed by atoms with Crippen molar-refractivity contribution in [3.8, 4) is 5.75 Å². The predicted octanol–water partition coefficient (Wildman–Crippen LogP) is 5.57. The zero-order chi connectivity index (χ0) is 20.8. The summed E-state index contributed by atoms with van der Waals surface area (Å²) >= 11 is 11.9. The summed E-state index contributed by atoms with van der Waals surface area (Å²) in [4.78, 5) is 24.4. The molecule has 148 valence electrons. The topological polar surface area (TPSA) is 67.4 Å². The van der Waals surface area contributed by atoms with Crippen LogP contribution in [0.25, 0.3) is 0 Å². The van der Waals surface area contributed by atoms with Crippen LogP contribution in [0.2, 0.25) is 10.0 Å². The molecule has 0 heterocycles. The molecule has 0 fully saturated rings. The molecule has 2 amide bonds. The molecule has 0 atom stereocenters. The van der Waals surface area contributed by atoms with Crippen molar-refractivity contribution < 1.29 is 14.3 Å². The monoisotopic (exact) mass is 428 g/mol. The van der Waals surface area contributed by atoms with E-state index in [-0.39, 0.29) is 23.4 Å². The van der Waals surface area contributed by atoms with Gasteiger partial charge in [0.1, 0.15) is 5.75 Å². The Bertz CT molecular complexity index is 1020. The maximum Gasteiger partial charge on any atom is 0.262 e. The molecule has 0 bridgehead atoms. The Kier molecular flexibility index (Phi) is 6.75. The molecule has 0 spiro atoms. The molecule has 0 aliphatic heterocycles. The summed E-state index contributed by atoms with van der Waals surface area (Å²) in [7, 11) is 0. The number of nitrogens with one attached hydrogen (secondary N) is 2. The average Bonchev–Trinajstić information content (AvgIpc) is 2.69. The Morgan fingerprint density at radius 3 is 2.10 bits per heavy atom. The molecule has 0 radical (unpaired) electrons. The van der Waals surface area contributed by atoms with E-state index in [1.54, 1.807) is 36.4 Å². The number of anilines is 2. The summed E-state index contributed by atoms with van der Waals surface area (Å²) in [6.45, 7) is 1.88. The van der Waals surface area contributed by atoms with Gasteiger partial charge in [-0.25, -0.2) is 0 Å². The van der Waals surface area contributed by atoms with Gasteiger partial charge >= 0.3 is 0 Å². The number of hydrogen-bond acceptors (Lipinski definition) is 3. The summed E-state index contributed by atoms with van der Waals surface area (Å²) in [6.07, 6.45) is 0. The van der Waals surface area contributed by atoms with Crippen molar-refractivity contribution >= 4 is 46.4 Å². The molecule has 3 rings (SSSR count). The molecule has 3 aromatic carbocycles. The van der Waals surface area contributed by atoms with Crippen LogP contribution in [0.1, 0.15) is 15.9 Å². The Morgan fingerprint density at radius 2 is 1.48 bits per heavy atom. The first-order valence-corrected chi connectivity index (χ1v) is 9.52. The number of hydrogen-bond donors (Lipinski definition) is 2. The number of carbonyl (C=O) groups excluding carboxylic acids is 2. The fourth-order valence-corrected chi connectivity index (χ4v) is 2.98. The van der Waals surface area contributed by atoms with Crippen LogP contribution >= 0.6 is 23.2 Å². The molecule has 5 nitrogen and oxygen atoms in total. The van der Waals surface area contributed by atoms with E-state index in [2.05, 4.69) is 10.6 Å². The molecule has 7 heteroatoms. The number of amides is 2. The van der Waals surface area contributed by atoms with Crippen molar-refractivity contribution in [1.82, 2.24) is 0 Å². The fraction of sp³-hybridized carbons (Fsp3) is 0.0909. The molecule has 0 saturated heterocycles. The minimum atomic E-state index is -0.352. The molecule has 2 N–H and O–H groups in total. The smallest absolute Gasteiger partial charge is 0.262 e. The molecular weight excluding hydrogens is 411 g/mol. The second kappa shape index (κ2) is 9.45. The van der Waals surface area contributed by atoms with Crippen molar-refractivity contribution in [2.24, 2.45) is 0 Å². The van der Waals surface area contributed by atoms with Crippen LogP contribution < -0.4 is 15.4 Å². The molecule has 0 unspecified atom stereocenters. The number of halogens is 2. The number of aryl methyl sites for hydroxylation is 1. The maximum absolute atomic E-state index is 12.3. The molecule has 0 aliphatic carbocycles. The van der Waals surface area contributed by atoms with E-state index in [9.17, 15) is 9.59 Å². The molecule has 0 aromatic heterocycles. The first-order valence-electron chi connectivity index (χ1n) is 8.76. The first kappa shape index (κ1) is 20.7. The zero-order valence-corrected chi connectivity index (χ0v) is 17.1. The lowest BCUT2D eigenvalue weighted by molar-refractivity contribution is -0.118. The highest BCUT2D eigenvalue weighted by molar-refractivity contribution is 6.37. The summed E-state index contributed by atoms with van der Waals surface area (Å²) in [5.41, 5.74) is 2.59. The number of ether oxygens (including phenoxy) is 1. The van der Waals surface area contributed by atoms with Gasteiger partial charge in [0.25, 0.3) is 11.8 Å². The highest BCUT2D eigenvalue weighted by Crippen LogP contribution is 2.22. The van der Waals surface area contributed by atoms with E-state index in [1.807, 2.05) is 31.2 Å². The van der Waals surface area contributed by atoms with Gasteiger partial charge in [-0.15, -0.1) is 0 Å². The number of benzene rings is 3. The molecule has 3 aromatic rings. The van der Waals surface area contributed by atoms with E-state index in [4.69, 9.17) is 27.9 Å². The highest BCUT2D eigenvalue weighted by Gasteiger charge is 2.11. The van der Waals surface area contributed by atoms with Crippen molar-refractivity contribution in [2.75, 3.05) is 17.2 Å². The minimum absolute atomic E-state index is 0.101. The second-order valence-corrected chi connectivity index (χ2v) is 7.15. The van der Waals surface area contributed by atoms with Gasteiger partial charge in [0.2, 0.25) is 0 Å². The third-order valence-corrected chi connectivity index (χ3v) is 4.54. The standard InChI is InChI=1S/C22H18Cl2N2O3/c1-14-2-9-18(10-3-14)29-13-21(27)25-16-5-7-17(8-6-16)26-22(28)19-11-4-15(23)12-20(19)24/h2-12H,13H2,1H3,(H,25,27)(H,26,28). The van der Waals surface area contributed by atoms with Crippen molar-refractivity contribution in [3.05, 3.63) is 87.9 Å². The lowest BCUT2D eigenvalue weighted by atomic mass is 10.2. The van der Waals surface area contributed by atoms with Crippen LogP contribution in [0.4, 0.5) is 11.4 Å². The SMILES string of the molecule is Cc1ccc(OCC(=O)Nc2ccc(NC(=O)c3ccc(Cl)cc3Cl)cc2)cc1. The van der Waals surface area contributed by atoms with Crippen LogP contribution in [-0.2, 0) is 4.79 Å². The van der Waals surface area contributed by atoms with E-state index in [0.29, 0.717) is 27.7 Å². The van der Waals surface area contributed by atoms with Gasteiger partial charge in [-0.3, -0.25) is 9.59 Å². The summed E-state index contributed by atoms with van der Waals surface area (Å²) in [5.74, 6) is -0.00470. The van der Waals surface area contributed by atoms with Crippen molar-refractivity contribution in [1.29, 1.82) is 0 Å². The largest absolute Gasteiger partial charge is 0.484 e. The molecule has 29 heavy (non-hydrogen) atoms. The van der Waals surface area contributed by atoms with Gasteiger partial charge in [0.05, 0.1) is 10.6 Å². The normalized spacial score (nSPS) is 10.3. The van der Waals surface area contributed by atoms with Crippen LogP contribution in [0, 0.1) is 6.92 Å². The summed E-state index contributed by atoms with van der Waals surface area (Å²) < 4.78 is 5.45. The maximum atomic E-state index is 12.3. The third-order valence-electron chi connectivity index (χ3n) is 3.99. The van der Waals surface area contributed by atoms with Gasteiger partial charge < -0.3 is 15.4 Å². The Balaban J connectivity index is 1.53. The van der Waals surface area contributed by atoms with Crippen LogP contribution in [0.5, 0.6) is 5.75 Å². The lowest BCUT2D eigenvalue weighted by Gasteiger charge is -2.10. The van der Waals surface area contributed by atoms with E-state index in [1.165, 1.54) is 6.07 Å². The average molecular weight is 429 g/mol. The Morgan fingerprint density at radius 1 is 0.862 bits per heavy atom. The van der Waals surface area contributed by atoms with Crippen molar-refractivity contribution in [3.63, 3.8) is 0 Å². The van der Waals surface area contributed by atoms with Gasteiger partial charge in [-0.2, -0.15) is 0 Å². The molecular formula is C22H18Cl2N2O3. The van der Waals surface area contributed by atoms with E-state index < -0.39 is 0 Å². The second-order valence-electron chi connectivity index (χ2n) is 6.31. The minimum Gasteiger partial charge on any atom is -0.484 e. The van der Waals surface area contributed by atoms with Gasteiger partial charge in [0, 0.05) is 16.4 Å².